The number of imide groups is 1. The summed E-state index contributed by atoms with van der Waals surface area (Å²) in [7, 11) is 1.51. The van der Waals surface area contributed by atoms with E-state index in [0.717, 1.165) is 33.0 Å². The zero-order valence-electron chi connectivity index (χ0n) is 19.7. The summed E-state index contributed by atoms with van der Waals surface area (Å²) < 4.78 is 24.8. The molecule has 1 saturated heterocycles. The van der Waals surface area contributed by atoms with Crippen LogP contribution in [0.25, 0.3) is 16.8 Å². The van der Waals surface area contributed by atoms with Gasteiger partial charge in [0.25, 0.3) is 11.1 Å². The van der Waals surface area contributed by atoms with Crippen molar-refractivity contribution >= 4 is 51.4 Å². The summed E-state index contributed by atoms with van der Waals surface area (Å²) in [6, 6.07) is 23.1. The zero-order valence-corrected chi connectivity index (χ0v) is 21.3. The van der Waals surface area contributed by atoms with Crippen molar-refractivity contribution in [2.24, 2.45) is 0 Å². The van der Waals surface area contributed by atoms with E-state index in [4.69, 9.17) is 21.1 Å². The molecule has 5 nitrogen and oxygen atoms in total. The molecule has 0 spiro atoms. The number of hydrogen-bond donors (Lipinski definition) is 0. The molecule has 4 aromatic rings. The molecule has 0 unspecified atom stereocenters. The van der Waals surface area contributed by atoms with Gasteiger partial charge in [-0.3, -0.25) is 14.5 Å². The van der Waals surface area contributed by atoms with Gasteiger partial charge < -0.3 is 9.47 Å². The molecule has 4 aromatic carbocycles. The Labute approximate surface area is 222 Å². The van der Waals surface area contributed by atoms with Crippen LogP contribution in [0.15, 0.2) is 83.8 Å². The molecule has 1 heterocycles. The highest BCUT2D eigenvalue weighted by molar-refractivity contribution is 8.18. The lowest BCUT2D eigenvalue weighted by atomic mass is 10.1. The molecule has 37 heavy (non-hydrogen) atoms. The maximum absolute atomic E-state index is 13.2. The van der Waals surface area contributed by atoms with Gasteiger partial charge in [-0.25, -0.2) is 4.39 Å². The number of methoxy groups -OCH3 is 1. The number of rotatable bonds is 7. The van der Waals surface area contributed by atoms with Crippen molar-refractivity contribution in [1.82, 2.24) is 4.90 Å². The first-order chi connectivity index (χ1) is 17.9. The molecule has 0 saturated carbocycles. The van der Waals surface area contributed by atoms with Crippen LogP contribution in [-0.2, 0) is 17.9 Å². The predicted octanol–water partition coefficient (Wildman–Crippen LogP) is 7.46. The second kappa shape index (κ2) is 10.7. The van der Waals surface area contributed by atoms with Crippen molar-refractivity contribution < 1.29 is 23.5 Å². The molecule has 1 aliphatic rings. The molecule has 0 aliphatic carbocycles. The highest BCUT2D eigenvalue weighted by Gasteiger charge is 2.35. The Bertz CT molecular complexity index is 1530. The Kier molecular flexibility index (Phi) is 7.17. The third-order valence-corrected chi connectivity index (χ3v) is 7.12. The van der Waals surface area contributed by atoms with Crippen molar-refractivity contribution in [2.45, 2.75) is 13.2 Å². The number of carbonyl (C=O) groups excluding carboxylic acids is 2. The number of carbonyl (C=O) groups is 2. The van der Waals surface area contributed by atoms with E-state index in [1.54, 1.807) is 30.3 Å². The largest absolute Gasteiger partial charge is 0.493 e. The van der Waals surface area contributed by atoms with E-state index in [9.17, 15) is 14.0 Å². The quantitative estimate of drug-likeness (QED) is 0.231. The first kappa shape index (κ1) is 24.9. The summed E-state index contributed by atoms with van der Waals surface area (Å²) in [4.78, 5) is 26.8. The van der Waals surface area contributed by atoms with Crippen LogP contribution in [0, 0.1) is 5.82 Å². The predicted molar refractivity (Wildman–Crippen MR) is 144 cm³/mol. The second-order valence-electron chi connectivity index (χ2n) is 8.36. The van der Waals surface area contributed by atoms with Gasteiger partial charge in [-0.1, -0.05) is 66.2 Å². The molecule has 0 bridgehead atoms. The van der Waals surface area contributed by atoms with E-state index >= 15 is 0 Å². The summed E-state index contributed by atoms with van der Waals surface area (Å²) in [6.07, 6.45) is 1.60. The Balaban J connectivity index is 1.36. The van der Waals surface area contributed by atoms with Crippen LogP contribution in [0.1, 0.15) is 16.7 Å². The van der Waals surface area contributed by atoms with Crippen LogP contribution < -0.4 is 9.47 Å². The van der Waals surface area contributed by atoms with Crippen molar-refractivity contribution in [1.29, 1.82) is 0 Å². The van der Waals surface area contributed by atoms with E-state index in [0.29, 0.717) is 34.3 Å². The number of halogens is 2. The summed E-state index contributed by atoms with van der Waals surface area (Å²) in [6.45, 7) is 0.354. The fourth-order valence-corrected chi connectivity index (χ4v) is 5.20. The monoisotopic (exact) mass is 533 g/mol. The summed E-state index contributed by atoms with van der Waals surface area (Å²) in [5, 5.41) is 2.13. The minimum absolute atomic E-state index is 0.0628. The molecule has 8 heteroatoms. The molecule has 0 N–H and O–H groups in total. The molecule has 0 radical (unpaired) electrons. The maximum atomic E-state index is 13.2. The minimum atomic E-state index is -0.425. The van der Waals surface area contributed by atoms with Gasteiger partial charge >= 0.3 is 0 Å². The third kappa shape index (κ3) is 5.33. The summed E-state index contributed by atoms with van der Waals surface area (Å²) in [5.74, 6) is -0.0120. The Morgan fingerprint density at radius 1 is 1.00 bits per heavy atom. The van der Waals surface area contributed by atoms with Crippen molar-refractivity contribution in [2.75, 3.05) is 7.11 Å². The van der Waals surface area contributed by atoms with E-state index in [1.165, 1.54) is 19.2 Å². The van der Waals surface area contributed by atoms with E-state index in [1.807, 2.05) is 42.5 Å². The van der Waals surface area contributed by atoms with Crippen LogP contribution in [0.3, 0.4) is 0 Å². The first-order valence-electron chi connectivity index (χ1n) is 11.4. The Morgan fingerprint density at radius 3 is 2.54 bits per heavy atom. The molecule has 0 atom stereocenters. The first-order valence-corrected chi connectivity index (χ1v) is 12.6. The van der Waals surface area contributed by atoms with Crippen molar-refractivity contribution in [3.63, 3.8) is 0 Å². The number of benzene rings is 4. The Morgan fingerprint density at radius 2 is 1.76 bits per heavy atom. The van der Waals surface area contributed by atoms with E-state index < -0.39 is 11.1 Å². The smallest absolute Gasteiger partial charge is 0.293 e. The normalized spacial score (nSPS) is 14.6. The maximum Gasteiger partial charge on any atom is 0.293 e. The lowest BCUT2D eigenvalue weighted by Gasteiger charge is -2.15. The highest BCUT2D eigenvalue weighted by atomic mass is 35.5. The number of amides is 2. The second-order valence-corrected chi connectivity index (χ2v) is 9.76. The van der Waals surface area contributed by atoms with E-state index in [-0.39, 0.29) is 17.3 Å². The van der Waals surface area contributed by atoms with Gasteiger partial charge in [0, 0.05) is 0 Å². The molecule has 1 fully saturated rings. The van der Waals surface area contributed by atoms with Crippen LogP contribution in [0.5, 0.6) is 11.5 Å². The average Bonchev–Trinajstić information content (AvgIpc) is 3.16. The summed E-state index contributed by atoms with van der Waals surface area (Å²) >= 11 is 7.40. The van der Waals surface area contributed by atoms with Crippen LogP contribution >= 0.6 is 23.4 Å². The lowest BCUT2D eigenvalue weighted by molar-refractivity contribution is -0.123. The standard InChI is InChI=1S/C29H21ClFNO4S/c1-35-25-14-19(15-26-28(33)32(29(34)37-26)16-18-9-11-22(31)12-10-18)13-24(30)27(25)36-17-21-7-4-6-20-5-2-3-8-23(20)21/h2-15H,16-17H2,1H3/b26-15-. The van der Waals surface area contributed by atoms with Crippen LogP contribution in [0.2, 0.25) is 5.02 Å². The molecule has 5 rings (SSSR count). The fourth-order valence-electron chi connectivity index (χ4n) is 4.09. The SMILES string of the molecule is COc1cc(/C=C2\SC(=O)N(Cc3ccc(F)cc3)C2=O)cc(Cl)c1OCc1cccc2ccccc12. The number of hydrogen-bond acceptors (Lipinski definition) is 5. The van der Waals surface area contributed by atoms with Gasteiger partial charge in [-0.05, 0) is 69.6 Å². The molecular formula is C29H21ClFNO4S. The van der Waals surface area contributed by atoms with Crippen molar-refractivity contribution in [3.8, 4) is 11.5 Å². The number of nitrogens with zero attached hydrogens (tertiary/aromatic N) is 1. The molecule has 2 amide bonds. The molecule has 186 valence electrons. The lowest BCUT2D eigenvalue weighted by Crippen LogP contribution is -2.27. The molecular weight excluding hydrogens is 513 g/mol. The zero-order chi connectivity index (χ0) is 25.9. The topological polar surface area (TPSA) is 55.8 Å². The molecule has 0 aromatic heterocycles. The number of ether oxygens (including phenoxy) is 2. The van der Waals surface area contributed by atoms with Gasteiger partial charge in [0.2, 0.25) is 0 Å². The number of fused-ring (bicyclic) bond motifs is 1. The van der Waals surface area contributed by atoms with E-state index in [2.05, 4.69) is 0 Å². The fraction of sp³-hybridized carbons (Fsp3) is 0.103. The average molecular weight is 534 g/mol. The van der Waals surface area contributed by atoms with Gasteiger partial charge in [-0.15, -0.1) is 0 Å². The summed E-state index contributed by atoms with van der Waals surface area (Å²) in [5.41, 5.74) is 2.25. The van der Waals surface area contributed by atoms with Gasteiger partial charge in [0.1, 0.15) is 12.4 Å². The molecule has 1 aliphatic heterocycles. The third-order valence-electron chi connectivity index (χ3n) is 5.93. The van der Waals surface area contributed by atoms with Crippen molar-refractivity contribution in [3.05, 3.63) is 111 Å². The number of thioether (sulfide) groups is 1. The van der Waals surface area contributed by atoms with Gasteiger partial charge in [0.15, 0.2) is 11.5 Å². The minimum Gasteiger partial charge on any atom is -0.493 e. The highest BCUT2D eigenvalue weighted by Crippen LogP contribution is 2.40. The van der Waals surface area contributed by atoms with Gasteiger partial charge in [0.05, 0.1) is 23.6 Å². The van der Waals surface area contributed by atoms with Gasteiger partial charge in [-0.2, -0.15) is 0 Å². The Hall–Kier alpha value is -3.81. The van der Waals surface area contributed by atoms with Crippen LogP contribution in [-0.4, -0.2) is 23.2 Å². The van der Waals surface area contributed by atoms with Crippen LogP contribution in [0.4, 0.5) is 9.18 Å².